The van der Waals surface area contributed by atoms with Crippen LogP contribution in [0, 0.1) is 5.92 Å². The van der Waals surface area contributed by atoms with Crippen molar-refractivity contribution in [2.75, 3.05) is 18.9 Å². The molecular weight excluding hydrogens is 334 g/mol. The maximum Gasteiger partial charge on any atom is 0.321 e. The number of aliphatic carboxylic acids is 1. The number of hydrogen-bond donors (Lipinski definition) is 3. The summed E-state index contributed by atoms with van der Waals surface area (Å²) in [5.74, 6) is -1.66. The highest BCUT2D eigenvalue weighted by Gasteiger charge is 2.27. The number of carboxylic acid groups (broad SMARTS) is 1. The molecule has 1 aliphatic carbocycles. The summed E-state index contributed by atoms with van der Waals surface area (Å²) in [6, 6.07) is 5.39. The first kappa shape index (κ1) is 18.2. The molecule has 1 unspecified atom stereocenters. The quantitative estimate of drug-likeness (QED) is 0.682. The lowest BCUT2D eigenvalue weighted by Gasteiger charge is -2.20. The number of rotatable bonds is 7. The first-order valence-corrected chi connectivity index (χ1v) is 9.04. The Morgan fingerprint density at radius 2 is 1.88 bits per heavy atom. The van der Waals surface area contributed by atoms with Gasteiger partial charge in [-0.05, 0) is 37.1 Å². The van der Waals surface area contributed by atoms with Crippen molar-refractivity contribution in [2.45, 2.75) is 30.7 Å². The summed E-state index contributed by atoms with van der Waals surface area (Å²) in [4.78, 5) is 24.2. The molecule has 2 amide bonds. The normalized spacial score (nSPS) is 15.6. The van der Waals surface area contributed by atoms with Gasteiger partial charge in [0.1, 0.15) is 0 Å². The summed E-state index contributed by atoms with van der Waals surface area (Å²) >= 11 is 0. The van der Waals surface area contributed by atoms with Crippen LogP contribution in [0.2, 0.25) is 0 Å². The van der Waals surface area contributed by atoms with E-state index in [1.54, 1.807) is 0 Å². The van der Waals surface area contributed by atoms with Gasteiger partial charge in [-0.1, -0.05) is 6.92 Å². The van der Waals surface area contributed by atoms with Crippen LogP contribution in [0.15, 0.2) is 29.2 Å². The van der Waals surface area contributed by atoms with Crippen molar-refractivity contribution >= 4 is 27.7 Å². The highest BCUT2D eigenvalue weighted by molar-refractivity contribution is 7.89. The molecule has 0 bridgehead atoms. The monoisotopic (exact) mass is 355 g/mol. The van der Waals surface area contributed by atoms with Crippen molar-refractivity contribution in [3.63, 3.8) is 0 Å². The van der Waals surface area contributed by atoms with Crippen LogP contribution < -0.4 is 10.0 Å². The number of amides is 2. The van der Waals surface area contributed by atoms with Crippen LogP contribution in [0.1, 0.15) is 19.8 Å². The maximum absolute atomic E-state index is 12.0. The fourth-order valence-electron chi connectivity index (χ4n) is 2.00. The Kier molecular flexibility index (Phi) is 5.45. The minimum atomic E-state index is -3.52. The molecule has 0 saturated heterocycles. The highest BCUT2D eigenvalue weighted by Crippen LogP contribution is 2.22. The molecule has 1 aromatic carbocycles. The van der Waals surface area contributed by atoms with Gasteiger partial charge in [0, 0.05) is 25.3 Å². The number of hydrogen-bond acceptors (Lipinski definition) is 4. The molecule has 1 aromatic rings. The fraction of sp³-hybridized carbons (Fsp3) is 0.467. The molecule has 0 radical (unpaired) electrons. The van der Waals surface area contributed by atoms with Crippen LogP contribution >= 0.6 is 0 Å². The van der Waals surface area contributed by atoms with Crippen LogP contribution in [-0.4, -0.2) is 50.1 Å². The lowest BCUT2D eigenvalue weighted by Crippen LogP contribution is -2.36. The summed E-state index contributed by atoms with van der Waals surface area (Å²) in [6.45, 7) is 1.58. The predicted octanol–water partition coefficient (Wildman–Crippen LogP) is 1.31. The maximum atomic E-state index is 12.0. The lowest BCUT2D eigenvalue weighted by atomic mass is 10.2. The number of urea groups is 1. The van der Waals surface area contributed by atoms with E-state index in [9.17, 15) is 18.0 Å². The molecule has 0 aromatic heterocycles. The number of benzene rings is 1. The highest BCUT2D eigenvalue weighted by atomic mass is 32.2. The molecule has 0 heterocycles. The summed E-state index contributed by atoms with van der Waals surface area (Å²) in [5, 5.41) is 11.5. The topological polar surface area (TPSA) is 116 Å². The van der Waals surface area contributed by atoms with Crippen LogP contribution in [0.25, 0.3) is 0 Å². The molecule has 132 valence electrons. The molecule has 1 saturated carbocycles. The molecule has 1 fully saturated rings. The molecule has 9 heteroatoms. The number of anilines is 1. The Balaban J connectivity index is 1.95. The first-order chi connectivity index (χ1) is 11.2. The zero-order valence-electron chi connectivity index (χ0n) is 13.5. The van der Waals surface area contributed by atoms with E-state index in [0.29, 0.717) is 5.69 Å². The van der Waals surface area contributed by atoms with E-state index in [-0.39, 0.29) is 17.5 Å². The van der Waals surface area contributed by atoms with E-state index in [0.717, 1.165) is 12.8 Å². The van der Waals surface area contributed by atoms with E-state index >= 15 is 0 Å². The lowest BCUT2D eigenvalue weighted by molar-refractivity contribution is -0.141. The van der Waals surface area contributed by atoms with Crippen molar-refractivity contribution < 1.29 is 23.1 Å². The Morgan fingerprint density at radius 1 is 1.29 bits per heavy atom. The van der Waals surface area contributed by atoms with Crippen LogP contribution in [0.5, 0.6) is 0 Å². The molecule has 3 N–H and O–H groups in total. The van der Waals surface area contributed by atoms with Gasteiger partial charge >= 0.3 is 12.0 Å². The van der Waals surface area contributed by atoms with Gasteiger partial charge in [0.15, 0.2) is 0 Å². The summed E-state index contributed by atoms with van der Waals surface area (Å²) in [7, 11) is -2.03. The average molecular weight is 355 g/mol. The second-order valence-electron chi connectivity index (χ2n) is 5.97. The Morgan fingerprint density at radius 3 is 2.38 bits per heavy atom. The van der Waals surface area contributed by atoms with E-state index in [1.807, 2.05) is 0 Å². The largest absolute Gasteiger partial charge is 0.481 e. The van der Waals surface area contributed by atoms with Gasteiger partial charge in [0.2, 0.25) is 10.0 Å². The minimum absolute atomic E-state index is 0.0271. The Bertz CT molecular complexity index is 713. The summed E-state index contributed by atoms with van der Waals surface area (Å²) < 4.78 is 26.7. The van der Waals surface area contributed by atoms with Gasteiger partial charge < -0.3 is 15.3 Å². The van der Waals surface area contributed by atoms with Crippen molar-refractivity contribution in [2.24, 2.45) is 5.92 Å². The molecular formula is C15H21N3O5S. The number of carboxylic acids is 1. The molecule has 0 spiro atoms. The van der Waals surface area contributed by atoms with Crippen molar-refractivity contribution in [1.29, 1.82) is 0 Å². The third-order valence-corrected chi connectivity index (χ3v) is 5.17. The Labute approximate surface area is 140 Å². The van der Waals surface area contributed by atoms with Gasteiger partial charge in [-0.25, -0.2) is 17.9 Å². The zero-order valence-corrected chi connectivity index (χ0v) is 14.3. The van der Waals surface area contributed by atoms with Gasteiger partial charge in [-0.2, -0.15) is 0 Å². The van der Waals surface area contributed by atoms with Gasteiger partial charge in [0.25, 0.3) is 0 Å². The minimum Gasteiger partial charge on any atom is -0.481 e. The van der Waals surface area contributed by atoms with Gasteiger partial charge in [-0.15, -0.1) is 0 Å². The SMILES string of the molecule is CC(CN(C)C(=O)Nc1ccc(S(=O)(=O)NC2CC2)cc1)C(=O)O. The summed E-state index contributed by atoms with van der Waals surface area (Å²) in [5.41, 5.74) is 0.431. The Hall–Kier alpha value is -2.13. The molecule has 0 aliphatic heterocycles. The number of nitrogens with one attached hydrogen (secondary N) is 2. The number of nitrogens with zero attached hydrogens (tertiary/aromatic N) is 1. The third kappa shape index (κ3) is 4.93. The predicted molar refractivity (Wildman–Crippen MR) is 88.2 cm³/mol. The fourth-order valence-corrected chi connectivity index (χ4v) is 3.30. The first-order valence-electron chi connectivity index (χ1n) is 7.56. The van der Waals surface area contributed by atoms with Crippen molar-refractivity contribution in [3.05, 3.63) is 24.3 Å². The summed E-state index contributed by atoms with van der Waals surface area (Å²) in [6.07, 6.45) is 1.71. The third-order valence-electron chi connectivity index (χ3n) is 3.63. The second-order valence-corrected chi connectivity index (χ2v) is 7.68. The van der Waals surface area contributed by atoms with Crippen LogP contribution in [0.4, 0.5) is 10.5 Å². The molecule has 1 atom stereocenters. The van der Waals surface area contributed by atoms with Gasteiger partial charge in [-0.3, -0.25) is 4.79 Å². The molecule has 8 nitrogen and oxygen atoms in total. The van der Waals surface area contributed by atoms with Crippen LogP contribution in [0.3, 0.4) is 0 Å². The number of carbonyl (C=O) groups is 2. The van der Waals surface area contributed by atoms with E-state index in [2.05, 4.69) is 10.0 Å². The molecule has 1 aliphatic rings. The number of carbonyl (C=O) groups excluding carboxylic acids is 1. The van der Waals surface area contributed by atoms with Crippen molar-refractivity contribution in [1.82, 2.24) is 9.62 Å². The van der Waals surface area contributed by atoms with Crippen molar-refractivity contribution in [3.8, 4) is 0 Å². The van der Waals surface area contributed by atoms with Gasteiger partial charge in [0.05, 0.1) is 10.8 Å². The number of sulfonamides is 1. The van der Waals surface area contributed by atoms with E-state index in [4.69, 9.17) is 5.11 Å². The molecule has 24 heavy (non-hydrogen) atoms. The zero-order chi connectivity index (χ0) is 17.9. The standard InChI is InChI=1S/C15H21N3O5S/c1-10(14(19)20)9-18(2)15(21)16-11-5-7-13(8-6-11)24(22,23)17-12-3-4-12/h5-8,10,12,17H,3-4,9H2,1-2H3,(H,16,21)(H,19,20). The van der Waals surface area contributed by atoms with E-state index in [1.165, 1.54) is 43.1 Å². The van der Waals surface area contributed by atoms with E-state index < -0.39 is 27.9 Å². The smallest absolute Gasteiger partial charge is 0.321 e. The average Bonchev–Trinajstić information content (AvgIpc) is 3.30. The molecule has 2 rings (SSSR count). The second kappa shape index (κ2) is 7.18. The van der Waals surface area contributed by atoms with Crippen LogP contribution in [-0.2, 0) is 14.8 Å².